The molecule has 0 atom stereocenters. The summed E-state index contributed by atoms with van der Waals surface area (Å²) in [4.78, 5) is 12.1. The first-order chi connectivity index (χ1) is 14.8. The molecule has 4 rings (SSSR count). The summed E-state index contributed by atoms with van der Waals surface area (Å²) in [5.74, 6) is -0.0597. The second kappa shape index (κ2) is 7.99. The Bertz CT molecular complexity index is 1400. The van der Waals surface area contributed by atoms with E-state index in [4.69, 9.17) is 0 Å². The summed E-state index contributed by atoms with van der Waals surface area (Å²) in [5.41, 5.74) is 4.66. The molecule has 0 radical (unpaired) electrons. The van der Waals surface area contributed by atoms with Gasteiger partial charge in [-0.25, -0.2) is 13.1 Å². The van der Waals surface area contributed by atoms with E-state index < -0.39 is 10.0 Å². The van der Waals surface area contributed by atoms with Crippen molar-refractivity contribution in [3.8, 4) is 11.1 Å². The first-order valence-corrected chi connectivity index (χ1v) is 11.5. The van der Waals surface area contributed by atoms with Crippen molar-refractivity contribution < 1.29 is 8.42 Å². The van der Waals surface area contributed by atoms with Crippen LogP contribution in [0.2, 0.25) is 0 Å². The number of hydrogen-bond donors (Lipinski definition) is 1. The maximum Gasteiger partial charge on any atom is 0.253 e. The highest BCUT2D eigenvalue weighted by molar-refractivity contribution is 7.92. The molecule has 0 saturated heterocycles. The maximum absolute atomic E-state index is 12.3. The number of nitrogens with one attached hydrogen (secondary N) is 1. The highest BCUT2D eigenvalue weighted by Gasteiger charge is 2.17. The van der Waals surface area contributed by atoms with Crippen LogP contribution in [0.5, 0.6) is 0 Å². The maximum atomic E-state index is 12.3. The zero-order valence-corrected chi connectivity index (χ0v) is 18.3. The molecule has 1 N–H and O–H groups in total. The third-order valence-corrected chi connectivity index (χ3v) is 6.43. The Hall–Kier alpha value is -3.46. The third kappa shape index (κ3) is 4.22. The number of fused-ring (bicyclic) bond motifs is 1. The van der Waals surface area contributed by atoms with Gasteiger partial charge in [0, 0.05) is 18.8 Å². The summed E-state index contributed by atoms with van der Waals surface area (Å²) in [5, 5.41) is 8.52. The van der Waals surface area contributed by atoms with Crippen LogP contribution in [-0.2, 0) is 23.6 Å². The fraction of sp³-hybridized carbons (Fsp3) is 0.227. The largest absolute Gasteiger partial charge is 0.318 e. The van der Waals surface area contributed by atoms with Crippen LogP contribution in [0.4, 0.5) is 5.69 Å². The topological polar surface area (TPSA) is 98.9 Å². The highest BCUT2D eigenvalue weighted by Crippen LogP contribution is 2.31. The molecule has 4 aromatic rings. The van der Waals surface area contributed by atoms with E-state index in [1.807, 2.05) is 36.4 Å². The zero-order chi connectivity index (χ0) is 22.2. The molecule has 0 aliphatic heterocycles. The monoisotopic (exact) mass is 437 g/mol. The van der Waals surface area contributed by atoms with Crippen LogP contribution in [0.1, 0.15) is 18.1 Å². The molecule has 0 spiro atoms. The summed E-state index contributed by atoms with van der Waals surface area (Å²) >= 11 is 0. The van der Waals surface area contributed by atoms with Gasteiger partial charge >= 0.3 is 0 Å². The second-order valence-electron chi connectivity index (χ2n) is 7.46. The number of rotatable bonds is 6. The molecule has 0 unspecified atom stereocenters. The van der Waals surface area contributed by atoms with Gasteiger partial charge in [-0.1, -0.05) is 35.5 Å². The normalized spacial score (nSPS) is 11.7. The zero-order valence-electron chi connectivity index (χ0n) is 17.5. The summed E-state index contributed by atoms with van der Waals surface area (Å²) < 4.78 is 30.5. The summed E-state index contributed by atoms with van der Waals surface area (Å²) in [7, 11) is -1.82. The summed E-state index contributed by atoms with van der Waals surface area (Å²) in [6.45, 7) is 3.82. The van der Waals surface area contributed by atoms with E-state index in [1.54, 1.807) is 43.9 Å². The van der Waals surface area contributed by atoms with E-state index in [-0.39, 0.29) is 11.3 Å². The van der Waals surface area contributed by atoms with Crippen molar-refractivity contribution in [2.24, 2.45) is 7.05 Å². The molecule has 2 heterocycles. The molecule has 0 amide bonds. The molecule has 0 aliphatic rings. The minimum Gasteiger partial charge on any atom is -0.318 e. The van der Waals surface area contributed by atoms with Gasteiger partial charge in [-0.05, 0) is 48.7 Å². The second-order valence-corrected chi connectivity index (χ2v) is 9.47. The Kier molecular flexibility index (Phi) is 5.36. The fourth-order valence-corrected chi connectivity index (χ4v) is 4.10. The van der Waals surface area contributed by atoms with Crippen LogP contribution >= 0.6 is 0 Å². The van der Waals surface area contributed by atoms with E-state index in [2.05, 4.69) is 15.0 Å². The number of aryl methyl sites for hydroxylation is 2. The minimum atomic E-state index is -3.52. The SMILES string of the molecule is CCS(=O)(=O)Nc1cc(-c2cc(C)c(=O)n(C)c2)cc2c1nnn2Cc1ccccc1. The van der Waals surface area contributed by atoms with E-state index >= 15 is 0 Å². The van der Waals surface area contributed by atoms with E-state index in [9.17, 15) is 13.2 Å². The molecule has 8 nitrogen and oxygen atoms in total. The van der Waals surface area contributed by atoms with Gasteiger partial charge in [-0.3, -0.25) is 9.52 Å². The van der Waals surface area contributed by atoms with Gasteiger partial charge in [0.05, 0.1) is 23.5 Å². The van der Waals surface area contributed by atoms with E-state index in [1.165, 1.54) is 4.57 Å². The van der Waals surface area contributed by atoms with Gasteiger partial charge in [0.15, 0.2) is 0 Å². The molecular weight excluding hydrogens is 414 g/mol. The van der Waals surface area contributed by atoms with Crippen molar-refractivity contribution in [2.45, 2.75) is 20.4 Å². The lowest BCUT2D eigenvalue weighted by Gasteiger charge is -2.12. The van der Waals surface area contributed by atoms with Gasteiger partial charge in [0.25, 0.3) is 5.56 Å². The average molecular weight is 438 g/mol. The lowest BCUT2D eigenvalue weighted by Crippen LogP contribution is -2.18. The molecule has 9 heteroatoms. The van der Waals surface area contributed by atoms with Crippen molar-refractivity contribution in [1.82, 2.24) is 19.6 Å². The van der Waals surface area contributed by atoms with Crippen molar-refractivity contribution in [3.05, 3.63) is 76.2 Å². The van der Waals surface area contributed by atoms with Gasteiger partial charge in [0.2, 0.25) is 10.0 Å². The number of anilines is 1. The molecule has 160 valence electrons. The van der Waals surface area contributed by atoms with Gasteiger partial charge in [0.1, 0.15) is 5.52 Å². The smallest absolute Gasteiger partial charge is 0.253 e. The molecule has 0 saturated carbocycles. The quantitative estimate of drug-likeness (QED) is 0.500. The molecule has 31 heavy (non-hydrogen) atoms. The number of sulfonamides is 1. The van der Waals surface area contributed by atoms with E-state index in [0.717, 1.165) is 16.7 Å². The Morgan fingerprint density at radius 1 is 1.06 bits per heavy atom. The number of aromatic nitrogens is 4. The number of benzene rings is 2. The van der Waals surface area contributed by atoms with Crippen molar-refractivity contribution in [1.29, 1.82) is 0 Å². The molecule has 0 bridgehead atoms. The number of hydrogen-bond acceptors (Lipinski definition) is 5. The Labute approximate surface area is 180 Å². The first kappa shape index (κ1) is 20.8. The Morgan fingerprint density at radius 2 is 1.81 bits per heavy atom. The van der Waals surface area contributed by atoms with Crippen LogP contribution in [0.15, 0.2) is 59.5 Å². The highest BCUT2D eigenvalue weighted by atomic mass is 32.2. The fourth-order valence-electron chi connectivity index (χ4n) is 3.46. The van der Waals surface area contributed by atoms with Crippen molar-refractivity contribution >= 4 is 26.7 Å². The lowest BCUT2D eigenvalue weighted by atomic mass is 10.0. The summed E-state index contributed by atoms with van der Waals surface area (Å²) in [6, 6.07) is 15.3. The molecule has 0 fully saturated rings. The van der Waals surface area contributed by atoms with Crippen molar-refractivity contribution in [2.75, 3.05) is 10.5 Å². The number of pyridine rings is 1. The molecular formula is C22H23N5O3S. The van der Waals surface area contributed by atoms with Gasteiger partial charge < -0.3 is 4.57 Å². The standard InChI is InChI=1S/C22H23N5O3S/c1-4-31(29,30)24-19-11-17(18-10-15(2)22(28)26(3)14-18)12-20-21(19)23-25-27(20)13-16-8-6-5-7-9-16/h5-12,14,24H,4,13H2,1-3H3. The van der Waals surface area contributed by atoms with Crippen LogP contribution in [0.3, 0.4) is 0 Å². The minimum absolute atomic E-state index is 0.0597. The van der Waals surface area contributed by atoms with Gasteiger partial charge in [-0.2, -0.15) is 0 Å². The van der Waals surface area contributed by atoms with Crippen LogP contribution in [-0.4, -0.2) is 33.7 Å². The van der Waals surface area contributed by atoms with Crippen LogP contribution in [0.25, 0.3) is 22.2 Å². The number of nitrogens with zero attached hydrogens (tertiary/aromatic N) is 4. The van der Waals surface area contributed by atoms with Crippen LogP contribution < -0.4 is 10.3 Å². The molecule has 2 aromatic heterocycles. The average Bonchev–Trinajstić information content (AvgIpc) is 3.15. The predicted octanol–water partition coefficient (Wildman–Crippen LogP) is 2.92. The lowest BCUT2D eigenvalue weighted by molar-refractivity contribution is 0.602. The Morgan fingerprint density at radius 3 is 2.48 bits per heavy atom. The van der Waals surface area contributed by atoms with Crippen molar-refractivity contribution in [3.63, 3.8) is 0 Å². The van der Waals surface area contributed by atoms with Crippen LogP contribution in [0, 0.1) is 6.92 Å². The summed E-state index contributed by atoms with van der Waals surface area (Å²) in [6.07, 6.45) is 1.74. The Balaban J connectivity index is 1.92. The third-order valence-electron chi connectivity index (χ3n) is 5.14. The van der Waals surface area contributed by atoms with Gasteiger partial charge in [-0.15, -0.1) is 5.10 Å². The first-order valence-electron chi connectivity index (χ1n) is 9.86. The molecule has 2 aromatic carbocycles. The molecule has 0 aliphatic carbocycles. The van der Waals surface area contributed by atoms with E-state index in [0.29, 0.717) is 28.8 Å². The predicted molar refractivity (Wildman–Crippen MR) is 122 cm³/mol.